The van der Waals surface area contributed by atoms with Crippen LogP contribution in [-0.4, -0.2) is 28.7 Å². The molecule has 154 valence electrons. The molecule has 30 heavy (non-hydrogen) atoms. The van der Waals surface area contributed by atoms with Crippen LogP contribution in [0.2, 0.25) is 0 Å². The highest BCUT2D eigenvalue weighted by atomic mass is 32.1. The number of benzene rings is 3. The van der Waals surface area contributed by atoms with Crippen LogP contribution in [0.3, 0.4) is 0 Å². The van der Waals surface area contributed by atoms with Gasteiger partial charge in [0.15, 0.2) is 0 Å². The van der Waals surface area contributed by atoms with Gasteiger partial charge in [0, 0.05) is 18.2 Å². The first-order valence-corrected chi connectivity index (χ1v) is 10.6. The van der Waals surface area contributed by atoms with Crippen molar-refractivity contribution < 1.29 is 14.3 Å². The summed E-state index contributed by atoms with van der Waals surface area (Å²) in [6.07, 6.45) is 0.442. The van der Waals surface area contributed by atoms with E-state index in [9.17, 15) is 4.79 Å². The standard InChI is InChI=1S/C25H25NO3S/c27-25-15-24(30)23(18-28-17-20-7-3-1-4-8-20)26(25)16-19-11-13-22(14-12-19)29-21-9-5-2-6-10-21/h1-14,23-24,30H,15-18H2/t23-,24+/m1/s1. The summed E-state index contributed by atoms with van der Waals surface area (Å²) in [7, 11) is 0. The van der Waals surface area contributed by atoms with Crippen molar-refractivity contribution in [2.45, 2.75) is 30.9 Å². The van der Waals surface area contributed by atoms with Crippen LogP contribution in [0, 0.1) is 0 Å². The Kier molecular flexibility index (Phi) is 6.72. The van der Waals surface area contributed by atoms with E-state index in [4.69, 9.17) is 9.47 Å². The molecule has 4 nitrogen and oxygen atoms in total. The van der Waals surface area contributed by atoms with Gasteiger partial charge in [-0.05, 0) is 35.4 Å². The fourth-order valence-electron chi connectivity index (χ4n) is 3.59. The summed E-state index contributed by atoms with van der Waals surface area (Å²) < 4.78 is 11.8. The zero-order valence-electron chi connectivity index (χ0n) is 16.7. The molecule has 3 aromatic rings. The molecule has 0 N–H and O–H groups in total. The number of para-hydroxylation sites is 1. The first kappa shape index (κ1) is 20.5. The number of likely N-dealkylation sites (tertiary alicyclic amines) is 1. The van der Waals surface area contributed by atoms with Crippen molar-refractivity contribution in [3.05, 3.63) is 96.1 Å². The van der Waals surface area contributed by atoms with Crippen LogP contribution >= 0.6 is 12.6 Å². The van der Waals surface area contributed by atoms with Crippen molar-refractivity contribution >= 4 is 18.5 Å². The van der Waals surface area contributed by atoms with Crippen LogP contribution in [0.4, 0.5) is 0 Å². The molecule has 0 aromatic heterocycles. The number of ether oxygens (including phenoxy) is 2. The van der Waals surface area contributed by atoms with Crippen LogP contribution in [0.1, 0.15) is 17.5 Å². The number of hydrogen-bond donors (Lipinski definition) is 1. The molecule has 3 aromatic carbocycles. The normalized spacial score (nSPS) is 18.6. The van der Waals surface area contributed by atoms with E-state index in [1.807, 2.05) is 89.8 Å². The third-order valence-electron chi connectivity index (χ3n) is 5.20. The molecule has 1 saturated heterocycles. The van der Waals surface area contributed by atoms with E-state index in [1.54, 1.807) is 0 Å². The van der Waals surface area contributed by atoms with Gasteiger partial charge in [0.2, 0.25) is 5.91 Å². The molecule has 2 atom stereocenters. The summed E-state index contributed by atoms with van der Waals surface area (Å²) in [5, 5.41) is -0.0195. The Morgan fingerprint density at radius 3 is 2.17 bits per heavy atom. The second kappa shape index (κ2) is 9.83. The molecule has 0 radical (unpaired) electrons. The first-order chi connectivity index (χ1) is 14.7. The molecular formula is C25H25NO3S. The molecule has 0 saturated carbocycles. The minimum absolute atomic E-state index is 0.0195. The maximum absolute atomic E-state index is 12.5. The highest BCUT2D eigenvalue weighted by molar-refractivity contribution is 7.81. The highest BCUT2D eigenvalue weighted by Gasteiger charge is 2.37. The Labute approximate surface area is 182 Å². The largest absolute Gasteiger partial charge is 0.457 e. The molecule has 0 bridgehead atoms. The molecule has 1 aliphatic rings. The van der Waals surface area contributed by atoms with Crippen molar-refractivity contribution in [1.29, 1.82) is 0 Å². The van der Waals surface area contributed by atoms with Crippen LogP contribution in [0.5, 0.6) is 11.5 Å². The molecule has 1 fully saturated rings. The van der Waals surface area contributed by atoms with Crippen LogP contribution in [0.25, 0.3) is 0 Å². The topological polar surface area (TPSA) is 38.8 Å². The molecule has 0 aliphatic carbocycles. The van der Waals surface area contributed by atoms with Gasteiger partial charge in [-0.15, -0.1) is 0 Å². The van der Waals surface area contributed by atoms with Crippen LogP contribution in [0.15, 0.2) is 84.9 Å². The van der Waals surface area contributed by atoms with Gasteiger partial charge in [-0.25, -0.2) is 0 Å². The van der Waals surface area contributed by atoms with E-state index in [1.165, 1.54) is 0 Å². The SMILES string of the molecule is O=C1C[C@H](S)[C@@H](COCc2ccccc2)N1Cc1ccc(Oc2ccccc2)cc1. The lowest BCUT2D eigenvalue weighted by atomic mass is 10.1. The number of nitrogens with zero attached hydrogens (tertiary/aromatic N) is 1. The van der Waals surface area contributed by atoms with Crippen molar-refractivity contribution in [3.8, 4) is 11.5 Å². The molecule has 0 spiro atoms. The van der Waals surface area contributed by atoms with Gasteiger partial charge in [0.25, 0.3) is 0 Å². The number of carbonyl (C=O) groups is 1. The van der Waals surface area contributed by atoms with Crippen molar-refractivity contribution in [1.82, 2.24) is 4.90 Å². The Morgan fingerprint density at radius 1 is 0.833 bits per heavy atom. The molecular weight excluding hydrogens is 394 g/mol. The zero-order chi connectivity index (χ0) is 20.8. The Hall–Kier alpha value is -2.76. The van der Waals surface area contributed by atoms with Crippen molar-refractivity contribution in [2.75, 3.05) is 6.61 Å². The summed E-state index contributed by atoms with van der Waals surface area (Å²) in [4.78, 5) is 14.4. The summed E-state index contributed by atoms with van der Waals surface area (Å²) in [6, 6.07) is 27.6. The highest BCUT2D eigenvalue weighted by Crippen LogP contribution is 2.28. The van der Waals surface area contributed by atoms with E-state index in [0.717, 1.165) is 22.6 Å². The minimum Gasteiger partial charge on any atom is -0.457 e. The molecule has 5 heteroatoms. The molecule has 0 unspecified atom stereocenters. The summed E-state index contributed by atoms with van der Waals surface area (Å²) >= 11 is 4.64. The third kappa shape index (κ3) is 5.23. The predicted molar refractivity (Wildman–Crippen MR) is 121 cm³/mol. The van der Waals surface area contributed by atoms with Gasteiger partial charge in [-0.3, -0.25) is 4.79 Å². The lowest BCUT2D eigenvalue weighted by Crippen LogP contribution is -2.38. The van der Waals surface area contributed by atoms with E-state index in [-0.39, 0.29) is 17.2 Å². The number of amides is 1. The van der Waals surface area contributed by atoms with Gasteiger partial charge in [-0.2, -0.15) is 12.6 Å². The zero-order valence-corrected chi connectivity index (χ0v) is 17.6. The number of carbonyl (C=O) groups excluding carboxylic acids is 1. The maximum Gasteiger partial charge on any atom is 0.224 e. The second-order valence-electron chi connectivity index (χ2n) is 7.42. The number of hydrogen-bond acceptors (Lipinski definition) is 4. The van der Waals surface area contributed by atoms with E-state index < -0.39 is 0 Å². The molecule has 1 amide bonds. The third-order valence-corrected chi connectivity index (χ3v) is 5.73. The monoisotopic (exact) mass is 419 g/mol. The fraction of sp³-hybridized carbons (Fsp3) is 0.240. The molecule has 1 aliphatic heterocycles. The fourth-order valence-corrected chi connectivity index (χ4v) is 3.99. The number of rotatable bonds is 8. The van der Waals surface area contributed by atoms with E-state index in [0.29, 0.717) is 26.2 Å². The average Bonchev–Trinajstić information content (AvgIpc) is 3.03. The van der Waals surface area contributed by atoms with Gasteiger partial charge in [0.05, 0.1) is 19.3 Å². The smallest absolute Gasteiger partial charge is 0.224 e. The van der Waals surface area contributed by atoms with Crippen LogP contribution in [-0.2, 0) is 22.7 Å². The van der Waals surface area contributed by atoms with Crippen LogP contribution < -0.4 is 4.74 Å². The number of thiol groups is 1. The van der Waals surface area contributed by atoms with Gasteiger partial charge < -0.3 is 14.4 Å². The first-order valence-electron chi connectivity index (χ1n) is 10.1. The second-order valence-corrected chi connectivity index (χ2v) is 8.08. The summed E-state index contributed by atoms with van der Waals surface area (Å²) in [5.74, 6) is 1.69. The van der Waals surface area contributed by atoms with Crippen molar-refractivity contribution in [3.63, 3.8) is 0 Å². The van der Waals surface area contributed by atoms with E-state index >= 15 is 0 Å². The Bertz CT molecular complexity index is 947. The summed E-state index contributed by atoms with van der Waals surface area (Å²) in [6.45, 7) is 1.55. The Morgan fingerprint density at radius 2 is 1.47 bits per heavy atom. The Balaban J connectivity index is 1.36. The maximum atomic E-state index is 12.5. The van der Waals surface area contributed by atoms with E-state index in [2.05, 4.69) is 12.6 Å². The van der Waals surface area contributed by atoms with Gasteiger partial charge >= 0.3 is 0 Å². The molecule has 4 rings (SSSR count). The predicted octanol–water partition coefficient (Wildman–Crippen LogP) is 5.10. The van der Waals surface area contributed by atoms with Crippen molar-refractivity contribution in [2.24, 2.45) is 0 Å². The average molecular weight is 420 g/mol. The minimum atomic E-state index is -0.0372. The lowest BCUT2D eigenvalue weighted by Gasteiger charge is -2.26. The van der Waals surface area contributed by atoms with Gasteiger partial charge in [0.1, 0.15) is 11.5 Å². The van der Waals surface area contributed by atoms with Gasteiger partial charge in [-0.1, -0.05) is 60.7 Å². The lowest BCUT2D eigenvalue weighted by molar-refractivity contribution is -0.130. The quantitative estimate of drug-likeness (QED) is 0.517. The summed E-state index contributed by atoms with van der Waals surface area (Å²) in [5.41, 5.74) is 2.18. The molecule has 1 heterocycles.